The van der Waals surface area contributed by atoms with E-state index in [1.54, 1.807) is 0 Å². The Bertz CT molecular complexity index is 640. The van der Waals surface area contributed by atoms with E-state index < -0.39 is 0 Å². The number of phenols is 2. The third kappa shape index (κ3) is 3.84. The zero-order valence-corrected chi connectivity index (χ0v) is 13.8. The Morgan fingerprint density at radius 2 is 1.22 bits per heavy atom. The Labute approximate surface area is 137 Å². The minimum Gasteiger partial charge on any atom is -0.508 e. The normalized spacial score (nSPS) is 16.1. The van der Waals surface area contributed by atoms with E-state index in [1.165, 1.54) is 0 Å². The highest BCUT2D eigenvalue weighted by Gasteiger charge is 2.21. The second-order valence-electron chi connectivity index (χ2n) is 6.51. The Morgan fingerprint density at radius 3 is 1.61 bits per heavy atom. The van der Waals surface area contributed by atoms with Gasteiger partial charge in [-0.3, -0.25) is 9.80 Å². The van der Waals surface area contributed by atoms with Crippen molar-refractivity contribution >= 4 is 0 Å². The summed E-state index contributed by atoms with van der Waals surface area (Å²) in [5.74, 6) is 0.749. The molecule has 0 atom stereocenters. The lowest BCUT2D eigenvalue weighted by Gasteiger charge is -2.19. The zero-order valence-electron chi connectivity index (χ0n) is 13.8. The molecule has 2 N–H and O–H groups in total. The summed E-state index contributed by atoms with van der Waals surface area (Å²) in [5.41, 5.74) is 4.08. The third-order valence-electron chi connectivity index (χ3n) is 4.40. The van der Waals surface area contributed by atoms with Gasteiger partial charge in [-0.2, -0.15) is 0 Å². The Kier molecular flexibility index (Phi) is 4.55. The Morgan fingerprint density at radius 1 is 0.783 bits per heavy atom. The molecule has 0 amide bonds. The summed E-state index contributed by atoms with van der Waals surface area (Å²) in [4.78, 5) is 4.63. The first-order valence-corrected chi connectivity index (χ1v) is 8.03. The van der Waals surface area contributed by atoms with Gasteiger partial charge in [0.25, 0.3) is 0 Å². The van der Waals surface area contributed by atoms with Gasteiger partial charge in [-0.15, -0.1) is 0 Å². The number of aromatic hydroxyl groups is 2. The van der Waals surface area contributed by atoms with Crippen LogP contribution in [-0.2, 0) is 13.1 Å². The maximum absolute atomic E-state index is 10.0. The average molecular weight is 312 g/mol. The summed E-state index contributed by atoms with van der Waals surface area (Å²) >= 11 is 0. The molecule has 122 valence electrons. The van der Waals surface area contributed by atoms with Gasteiger partial charge in [-0.1, -0.05) is 24.3 Å². The molecule has 1 aliphatic rings. The predicted molar refractivity (Wildman–Crippen MR) is 91.4 cm³/mol. The number of benzene rings is 2. The molecule has 1 saturated heterocycles. The van der Waals surface area contributed by atoms with Gasteiger partial charge in [-0.25, -0.2) is 0 Å². The molecule has 2 aromatic carbocycles. The standard InChI is InChI=1S/C19H24N2O2/c1-14-3-5-16(18(22)9-14)11-20-7-8-21(13-20)12-17-6-4-15(2)10-19(17)23/h3-6,9-10,22-23H,7-8,11-13H2,1-2H3. The SMILES string of the molecule is Cc1ccc(CN2CCN(Cc3ccc(C)cc3O)C2)c(O)c1. The first-order valence-electron chi connectivity index (χ1n) is 8.03. The fourth-order valence-electron chi connectivity index (χ4n) is 3.06. The lowest BCUT2D eigenvalue weighted by molar-refractivity contribution is 0.231. The van der Waals surface area contributed by atoms with E-state index >= 15 is 0 Å². The highest BCUT2D eigenvalue weighted by molar-refractivity contribution is 5.36. The van der Waals surface area contributed by atoms with E-state index in [1.807, 2.05) is 50.2 Å². The van der Waals surface area contributed by atoms with Gasteiger partial charge in [0.2, 0.25) is 0 Å². The van der Waals surface area contributed by atoms with Crippen molar-refractivity contribution in [2.24, 2.45) is 0 Å². The van der Waals surface area contributed by atoms with Gasteiger partial charge >= 0.3 is 0 Å². The van der Waals surface area contributed by atoms with Crippen LogP contribution >= 0.6 is 0 Å². The molecule has 2 aromatic rings. The lowest BCUT2D eigenvalue weighted by atomic mass is 10.1. The van der Waals surface area contributed by atoms with Crippen molar-refractivity contribution in [1.82, 2.24) is 9.80 Å². The van der Waals surface area contributed by atoms with Crippen molar-refractivity contribution in [2.45, 2.75) is 26.9 Å². The van der Waals surface area contributed by atoms with E-state index in [9.17, 15) is 10.2 Å². The van der Waals surface area contributed by atoms with Gasteiger partial charge in [0.1, 0.15) is 11.5 Å². The summed E-state index contributed by atoms with van der Waals surface area (Å²) in [6, 6.07) is 11.7. The largest absolute Gasteiger partial charge is 0.508 e. The smallest absolute Gasteiger partial charge is 0.120 e. The maximum atomic E-state index is 10.0. The van der Waals surface area contributed by atoms with E-state index in [2.05, 4.69) is 9.80 Å². The van der Waals surface area contributed by atoms with Crippen LogP contribution < -0.4 is 0 Å². The summed E-state index contributed by atoms with van der Waals surface area (Å²) in [5, 5.41) is 20.1. The fourth-order valence-corrected chi connectivity index (χ4v) is 3.06. The van der Waals surface area contributed by atoms with Crippen LogP contribution in [0.15, 0.2) is 36.4 Å². The molecular formula is C19H24N2O2. The molecule has 0 bridgehead atoms. The molecule has 1 fully saturated rings. The highest BCUT2D eigenvalue weighted by Crippen LogP contribution is 2.24. The van der Waals surface area contributed by atoms with Crippen LogP contribution in [0.4, 0.5) is 0 Å². The molecule has 0 radical (unpaired) electrons. The zero-order chi connectivity index (χ0) is 16.4. The third-order valence-corrected chi connectivity index (χ3v) is 4.40. The highest BCUT2D eigenvalue weighted by atomic mass is 16.3. The number of phenolic OH excluding ortho intramolecular Hbond substituents is 2. The summed E-state index contributed by atoms with van der Waals surface area (Å²) in [6.07, 6.45) is 0. The summed E-state index contributed by atoms with van der Waals surface area (Å²) in [7, 11) is 0. The molecule has 0 aliphatic carbocycles. The van der Waals surface area contributed by atoms with Gasteiger partial charge in [-0.05, 0) is 37.1 Å². The number of rotatable bonds is 4. The lowest BCUT2D eigenvalue weighted by Crippen LogP contribution is -2.25. The molecule has 1 heterocycles. The maximum Gasteiger partial charge on any atom is 0.120 e. The van der Waals surface area contributed by atoms with Crippen LogP contribution in [0.25, 0.3) is 0 Å². The number of hydrogen-bond donors (Lipinski definition) is 2. The van der Waals surface area contributed by atoms with Crippen LogP contribution in [0.1, 0.15) is 22.3 Å². The second-order valence-corrected chi connectivity index (χ2v) is 6.51. The fraction of sp³-hybridized carbons (Fsp3) is 0.368. The van der Waals surface area contributed by atoms with Crippen molar-refractivity contribution in [3.63, 3.8) is 0 Å². The van der Waals surface area contributed by atoms with Crippen molar-refractivity contribution in [3.05, 3.63) is 58.7 Å². The van der Waals surface area contributed by atoms with Crippen molar-refractivity contribution < 1.29 is 10.2 Å². The minimum absolute atomic E-state index is 0.375. The van der Waals surface area contributed by atoms with Crippen molar-refractivity contribution in [2.75, 3.05) is 19.8 Å². The molecule has 0 aromatic heterocycles. The predicted octanol–water partition coefficient (Wildman–Crippen LogP) is 2.99. The first-order chi connectivity index (χ1) is 11.0. The number of aryl methyl sites for hydroxylation is 2. The first kappa shape index (κ1) is 15.8. The Hall–Kier alpha value is -2.04. The molecule has 4 nitrogen and oxygen atoms in total. The summed E-state index contributed by atoms with van der Waals surface area (Å²) in [6.45, 7) is 8.26. The summed E-state index contributed by atoms with van der Waals surface area (Å²) < 4.78 is 0. The molecule has 0 spiro atoms. The molecular weight excluding hydrogens is 288 g/mol. The van der Waals surface area contributed by atoms with Crippen LogP contribution in [0, 0.1) is 13.8 Å². The second kappa shape index (κ2) is 6.60. The van der Waals surface area contributed by atoms with E-state index in [4.69, 9.17) is 0 Å². The Balaban J connectivity index is 1.60. The van der Waals surface area contributed by atoms with Crippen LogP contribution in [-0.4, -0.2) is 39.8 Å². The number of nitrogens with zero attached hydrogens (tertiary/aromatic N) is 2. The van der Waals surface area contributed by atoms with Crippen molar-refractivity contribution in [3.8, 4) is 11.5 Å². The molecule has 0 saturated carbocycles. The van der Waals surface area contributed by atoms with E-state index in [-0.39, 0.29) is 0 Å². The van der Waals surface area contributed by atoms with Gasteiger partial charge in [0.15, 0.2) is 0 Å². The molecule has 23 heavy (non-hydrogen) atoms. The quantitative estimate of drug-likeness (QED) is 0.911. The molecule has 3 rings (SSSR count). The van der Waals surface area contributed by atoms with E-state index in [0.29, 0.717) is 11.5 Å². The monoisotopic (exact) mass is 312 g/mol. The van der Waals surface area contributed by atoms with Gasteiger partial charge < -0.3 is 10.2 Å². The molecule has 4 heteroatoms. The van der Waals surface area contributed by atoms with Gasteiger partial charge in [0.05, 0.1) is 6.67 Å². The van der Waals surface area contributed by atoms with Crippen molar-refractivity contribution in [1.29, 1.82) is 0 Å². The average Bonchev–Trinajstić information content (AvgIpc) is 2.92. The molecule has 0 unspecified atom stereocenters. The minimum atomic E-state index is 0.375. The van der Waals surface area contributed by atoms with Crippen LogP contribution in [0.5, 0.6) is 11.5 Å². The topological polar surface area (TPSA) is 46.9 Å². The van der Waals surface area contributed by atoms with Crippen LogP contribution in [0.3, 0.4) is 0 Å². The van der Waals surface area contributed by atoms with E-state index in [0.717, 1.165) is 55.1 Å². The van der Waals surface area contributed by atoms with Gasteiger partial charge in [0, 0.05) is 37.3 Å². The van der Waals surface area contributed by atoms with Crippen LogP contribution in [0.2, 0.25) is 0 Å². The molecule has 1 aliphatic heterocycles. The number of hydrogen-bond acceptors (Lipinski definition) is 4.